The number of rotatable bonds is 2. The van der Waals surface area contributed by atoms with E-state index in [1.165, 1.54) is 0 Å². The van der Waals surface area contributed by atoms with Crippen LogP contribution in [0.4, 0.5) is 0 Å². The Morgan fingerprint density at radius 2 is 2.17 bits per heavy atom. The molecule has 0 N–H and O–H groups in total. The van der Waals surface area contributed by atoms with E-state index in [1.54, 1.807) is 0 Å². The number of hydrogen-bond acceptors (Lipinski definition) is 0. The molecule has 1 radical (unpaired) electrons. The molecular formula is C4H7Cl2. The average molecular weight is 126 g/mol. The van der Waals surface area contributed by atoms with Gasteiger partial charge in [-0.1, -0.05) is 6.92 Å². The van der Waals surface area contributed by atoms with Gasteiger partial charge in [0, 0.05) is 11.3 Å². The van der Waals surface area contributed by atoms with Crippen molar-refractivity contribution < 1.29 is 0 Å². The number of halogens is 2. The number of hydrogen-bond donors (Lipinski definition) is 0. The van der Waals surface area contributed by atoms with Gasteiger partial charge in [-0.15, -0.1) is 23.2 Å². The molecule has 0 heterocycles. The minimum Gasteiger partial charge on any atom is -0.125 e. The molecule has 0 aromatic rings. The molecule has 1 atom stereocenters. The van der Waals surface area contributed by atoms with Crippen molar-refractivity contribution in [1.29, 1.82) is 0 Å². The first kappa shape index (κ1) is 6.58. The SMILES string of the molecule is [CH2]CC(Cl)CCl. The van der Waals surface area contributed by atoms with E-state index in [1.807, 2.05) is 0 Å². The van der Waals surface area contributed by atoms with Gasteiger partial charge in [-0.2, -0.15) is 0 Å². The van der Waals surface area contributed by atoms with Gasteiger partial charge in [-0.25, -0.2) is 0 Å². The molecule has 0 saturated heterocycles. The zero-order valence-electron chi connectivity index (χ0n) is 3.45. The highest BCUT2D eigenvalue weighted by atomic mass is 35.5. The van der Waals surface area contributed by atoms with E-state index in [4.69, 9.17) is 23.2 Å². The lowest BCUT2D eigenvalue weighted by Gasteiger charge is -1.94. The van der Waals surface area contributed by atoms with Crippen molar-refractivity contribution in [1.82, 2.24) is 0 Å². The molecule has 0 aromatic heterocycles. The van der Waals surface area contributed by atoms with Gasteiger partial charge in [0.2, 0.25) is 0 Å². The third kappa shape index (κ3) is 2.80. The zero-order chi connectivity index (χ0) is 4.99. The third-order valence-electron chi connectivity index (χ3n) is 0.481. The van der Waals surface area contributed by atoms with Crippen molar-refractivity contribution in [3.05, 3.63) is 6.92 Å². The molecule has 2 heteroatoms. The van der Waals surface area contributed by atoms with Crippen LogP contribution in [0.15, 0.2) is 0 Å². The Morgan fingerprint density at radius 1 is 1.67 bits per heavy atom. The molecule has 1 unspecified atom stereocenters. The monoisotopic (exact) mass is 125 g/mol. The van der Waals surface area contributed by atoms with Crippen LogP contribution in [-0.2, 0) is 0 Å². The summed E-state index contributed by atoms with van der Waals surface area (Å²) in [5.41, 5.74) is 0. The Bertz CT molecular complexity index is 24.7. The molecule has 0 aliphatic rings. The maximum absolute atomic E-state index is 5.46. The fourth-order valence-electron chi connectivity index (χ4n) is 0.0772. The van der Waals surface area contributed by atoms with Crippen LogP contribution in [-0.4, -0.2) is 11.3 Å². The highest BCUT2D eigenvalue weighted by Gasteiger charge is 1.93. The first-order valence-electron chi connectivity index (χ1n) is 1.80. The van der Waals surface area contributed by atoms with Crippen LogP contribution < -0.4 is 0 Å². The first-order valence-corrected chi connectivity index (χ1v) is 2.77. The topological polar surface area (TPSA) is 0 Å². The Labute approximate surface area is 48.4 Å². The molecule has 0 aromatic carbocycles. The molecule has 0 rings (SSSR count). The average Bonchev–Trinajstić information content (AvgIpc) is 1.65. The first-order chi connectivity index (χ1) is 2.81. The van der Waals surface area contributed by atoms with Gasteiger partial charge in [0.25, 0.3) is 0 Å². The molecule has 37 valence electrons. The molecule has 0 fully saturated rings. The molecule has 0 spiro atoms. The molecule has 0 amide bonds. The summed E-state index contributed by atoms with van der Waals surface area (Å²) in [4.78, 5) is 0. The molecule has 0 aliphatic heterocycles. The summed E-state index contributed by atoms with van der Waals surface area (Å²) in [6, 6.07) is 0. The van der Waals surface area contributed by atoms with Crippen LogP contribution in [0.5, 0.6) is 0 Å². The van der Waals surface area contributed by atoms with Crippen LogP contribution in [0, 0.1) is 6.92 Å². The second-order valence-electron chi connectivity index (χ2n) is 1.04. The predicted molar refractivity (Wildman–Crippen MR) is 30.3 cm³/mol. The second kappa shape index (κ2) is 3.76. The van der Waals surface area contributed by atoms with Crippen LogP contribution in [0.2, 0.25) is 0 Å². The van der Waals surface area contributed by atoms with Crippen LogP contribution >= 0.6 is 23.2 Å². The summed E-state index contributed by atoms with van der Waals surface area (Å²) in [6.07, 6.45) is 0.713. The Kier molecular flexibility index (Phi) is 4.12. The third-order valence-corrected chi connectivity index (χ3v) is 1.38. The van der Waals surface area contributed by atoms with E-state index >= 15 is 0 Å². The van der Waals surface area contributed by atoms with Gasteiger partial charge in [0.05, 0.1) is 0 Å². The molecule has 0 nitrogen and oxygen atoms in total. The fourth-order valence-corrected chi connectivity index (χ4v) is 0.231. The van der Waals surface area contributed by atoms with Crippen molar-refractivity contribution in [3.8, 4) is 0 Å². The lowest BCUT2D eigenvalue weighted by molar-refractivity contribution is 0.974. The van der Waals surface area contributed by atoms with E-state index in [9.17, 15) is 0 Å². The zero-order valence-corrected chi connectivity index (χ0v) is 4.97. The molecular weight excluding hydrogens is 119 g/mol. The maximum atomic E-state index is 5.46. The Hall–Kier alpha value is 0.580. The predicted octanol–water partition coefficient (Wildman–Crippen LogP) is 2.06. The van der Waals surface area contributed by atoms with Crippen molar-refractivity contribution in [3.63, 3.8) is 0 Å². The van der Waals surface area contributed by atoms with Crippen molar-refractivity contribution in [2.24, 2.45) is 0 Å². The highest BCUT2D eigenvalue weighted by Crippen LogP contribution is 2.00. The minimum atomic E-state index is 0.0617. The summed E-state index contributed by atoms with van der Waals surface area (Å²) >= 11 is 10.7. The van der Waals surface area contributed by atoms with Crippen molar-refractivity contribution >= 4 is 23.2 Å². The summed E-state index contributed by atoms with van der Waals surface area (Å²) in [5, 5.41) is 0.0617. The smallest absolute Gasteiger partial charge is 0.0471 e. The minimum absolute atomic E-state index is 0.0617. The highest BCUT2D eigenvalue weighted by molar-refractivity contribution is 6.28. The van der Waals surface area contributed by atoms with Gasteiger partial charge in [-0.05, 0) is 6.42 Å². The summed E-state index contributed by atoms with van der Waals surface area (Å²) in [5.74, 6) is 0.505. The van der Waals surface area contributed by atoms with Gasteiger partial charge in [-0.3, -0.25) is 0 Å². The largest absolute Gasteiger partial charge is 0.125 e. The van der Waals surface area contributed by atoms with Crippen LogP contribution in [0.25, 0.3) is 0 Å². The summed E-state index contributed by atoms with van der Waals surface area (Å²) in [7, 11) is 0. The standard InChI is InChI=1S/C4H7Cl2/c1-2-4(6)3-5/h4H,1-3H2. The van der Waals surface area contributed by atoms with Gasteiger partial charge >= 0.3 is 0 Å². The van der Waals surface area contributed by atoms with Gasteiger partial charge in [0.1, 0.15) is 0 Å². The Balaban J connectivity index is 2.75. The van der Waals surface area contributed by atoms with E-state index in [-0.39, 0.29) is 5.38 Å². The fraction of sp³-hybridized carbons (Fsp3) is 0.750. The molecule has 0 aliphatic carbocycles. The second-order valence-corrected chi connectivity index (χ2v) is 1.97. The summed E-state index contributed by atoms with van der Waals surface area (Å²) in [6.45, 7) is 3.54. The molecule has 6 heavy (non-hydrogen) atoms. The van der Waals surface area contributed by atoms with Gasteiger partial charge < -0.3 is 0 Å². The summed E-state index contributed by atoms with van der Waals surface area (Å²) < 4.78 is 0. The normalized spacial score (nSPS) is 14.5. The van der Waals surface area contributed by atoms with Gasteiger partial charge in [0.15, 0.2) is 0 Å². The van der Waals surface area contributed by atoms with E-state index < -0.39 is 0 Å². The van der Waals surface area contributed by atoms with Crippen LogP contribution in [0.3, 0.4) is 0 Å². The van der Waals surface area contributed by atoms with E-state index in [2.05, 4.69) is 6.92 Å². The Morgan fingerprint density at radius 3 is 2.17 bits per heavy atom. The van der Waals surface area contributed by atoms with Crippen molar-refractivity contribution in [2.75, 3.05) is 5.88 Å². The lowest BCUT2D eigenvalue weighted by atomic mass is 10.4. The number of alkyl halides is 2. The molecule has 0 bridgehead atoms. The maximum Gasteiger partial charge on any atom is 0.0471 e. The quantitative estimate of drug-likeness (QED) is 0.496. The lowest BCUT2D eigenvalue weighted by Crippen LogP contribution is -1.94. The van der Waals surface area contributed by atoms with E-state index in [0.717, 1.165) is 0 Å². The van der Waals surface area contributed by atoms with E-state index in [0.29, 0.717) is 12.3 Å². The van der Waals surface area contributed by atoms with Crippen molar-refractivity contribution in [2.45, 2.75) is 11.8 Å². The van der Waals surface area contributed by atoms with Crippen LogP contribution in [0.1, 0.15) is 6.42 Å². The molecule has 0 saturated carbocycles.